The molecule has 2 atom stereocenters. The Balaban J connectivity index is 2.35. The van der Waals surface area contributed by atoms with Crippen LogP contribution in [0.15, 0.2) is 12.2 Å². The largest absolute Gasteiger partial charge is 0.379 e. The van der Waals surface area contributed by atoms with E-state index in [1.807, 2.05) is 25.1 Å². The monoisotopic (exact) mass is 242 g/mol. The van der Waals surface area contributed by atoms with Gasteiger partial charge in [0.15, 0.2) is 0 Å². The van der Waals surface area contributed by atoms with Gasteiger partial charge in [0.25, 0.3) is 0 Å². The Morgan fingerprint density at radius 3 is 3.00 bits per heavy atom. The lowest BCUT2D eigenvalue weighted by molar-refractivity contribution is -0.120. The SMILES string of the molecule is COC1COCCC1NC(=O)/C=C/CN(C)C. The van der Waals surface area contributed by atoms with E-state index in [1.54, 1.807) is 13.2 Å². The van der Waals surface area contributed by atoms with Gasteiger partial charge in [-0.05, 0) is 20.5 Å². The fourth-order valence-corrected chi connectivity index (χ4v) is 1.71. The zero-order valence-corrected chi connectivity index (χ0v) is 10.8. The van der Waals surface area contributed by atoms with Crippen molar-refractivity contribution >= 4 is 5.91 Å². The number of likely N-dealkylation sites (N-methyl/N-ethyl adjacent to an activating group) is 1. The van der Waals surface area contributed by atoms with Crippen LogP contribution in [0, 0.1) is 0 Å². The Morgan fingerprint density at radius 1 is 1.59 bits per heavy atom. The van der Waals surface area contributed by atoms with Crippen LogP contribution in [-0.4, -0.2) is 63.9 Å². The highest BCUT2D eigenvalue weighted by Gasteiger charge is 2.26. The van der Waals surface area contributed by atoms with Crippen LogP contribution in [0.2, 0.25) is 0 Å². The maximum Gasteiger partial charge on any atom is 0.244 e. The zero-order valence-electron chi connectivity index (χ0n) is 10.8. The molecule has 1 fully saturated rings. The number of ether oxygens (including phenoxy) is 2. The Bertz CT molecular complexity index is 266. The molecule has 1 rings (SSSR count). The molecule has 0 saturated carbocycles. The molecule has 5 nitrogen and oxygen atoms in total. The molecule has 0 aromatic heterocycles. The summed E-state index contributed by atoms with van der Waals surface area (Å²) in [7, 11) is 5.56. The van der Waals surface area contributed by atoms with Crippen molar-refractivity contribution in [2.24, 2.45) is 0 Å². The Hall–Kier alpha value is -0.910. The number of carbonyl (C=O) groups is 1. The normalized spacial score (nSPS) is 25.4. The zero-order chi connectivity index (χ0) is 12.7. The van der Waals surface area contributed by atoms with E-state index in [-0.39, 0.29) is 18.1 Å². The lowest BCUT2D eigenvalue weighted by Crippen LogP contribution is -2.49. The van der Waals surface area contributed by atoms with Crippen molar-refractivity contribution in [2.45, 2.75) is 18.6 Å². The Kier molecular flexibility index (Phi) is 6.18. The van der Waals surface area contributed by atoms with Crippen molar-refractivity contribution in [1.82, 2.24) is 10.2 Å². The first-order valence-corrected chi connectivity index (χ1v) is 5.85. The number of hydrogen-bond donors (Lipinski definition) is 1. The van der Waals surface area contributed by atoms with Gasteiger partial charge in [-0.2, -0.15) is 0 Å². The highest BCUT2D eigenvalue weighted by atomic mass is 16.5. The molecule has 1 amide bonds. The van der Waals surface area contributed by atoms with Gasteiger partial charge in [0.2, 0.25) is 5.91 Å². The van der Waals surface area contributed by atoms with E-state index < -0.39 is 0 Å². The van der Waals surface area contributed by atoms with Gasteiger partial charge in [0.1, 0.15) is 6.10 Å². The lowest BCUT2D eigenvalue weighted by atomic mass is 10.1. The van der Waals surface area contributed by atoms with Crippen LogP contribution in [0.4, 0.5) is 0 Å². The summed E-state index contributed by atoms with van der Waals surface area (Å²) in [5.41, 5.74) is 0. The molecule has 0 radical (unpaired) electrons. The highest BCUT2D eigenvalue weighted by molar-refractivity contribution is 5.87. The van der Waals surface area contributed by atoms with E-state index >= 15 is 0 Å². The molecule has 5 heteroatoms. The standard InChI is InChI=1S/C12H22N2O3/c1-14(2)7-4-5-12(15)13-10-6-8-17-9-11(10)16-3/h4-5,10-11H,6-9H2,1-3H3,(H,13,15)/b5-4+. The van der Waals surface area contributed by atoms with Crippen LogP contribution in [0.5, 0.6) is 0 Å². The van der Waals surface area contributed by atoms with Crippen LogP contribution in [0.1, 0.15) is 6.42 Å². The second kappa shape index (κ2) is 7.42. The van der Waals surface area contributed by atoms with Gasteiger partial charge >= 0.3 is 0 Å². The molecule has 0 aromatic rings. The summed E-state index contributed by atoms with van der Waals surface area (Å²) >= 11 is 0. The van der Waals surface area contributed by atoms with Gasteiger partial charge in [-0.25, -0.2) is 0 Å². The average molecular weight is 242 g/mol. The minimum Gasteiger partial charge on any atom is -0.379 e. The fraction of sp³-hybridized carbons (Fsp3) is 0.750. The number of nitrogens with one attached hydrogen (secondary N) is 1. The van der Waals surface area contributed by atoms with E-state index in [1.165, 1.54) is 0 Å². The number of nitrogens with zero attached hydrogens (tertiary/aromatic N) is 1. The van der Waals surface area contributed by atoms with Gasteiger partial charge in [-0.3, -0.25) is 4.79 Å². The minimum absolute atomic E-state index is 0.0463. The molecule has 1 N–H and O–H groups in total. The predicted molar refractivity (Wildman–Crippen MR) is 65.9 cm³/mol. The first kappa shape index (κ1) is 14.2. The summed E-state index contributed by atoms with van der Waals surface area (Å²) in [6, 6.07) is 0.0465. The van der Waals surface area contributed by atoms with Gasteiger partial charge in [-0.1, -0.05) is 6.08 Å². The van der Waals surface area contributed by atoms with Crippen molar-refractivity contribution in [3.63, 3.8) is 0 Å². The first-order valence-electron chi connectivity index (χ1n) is 5.85. The molecule has 1 saturated heterocycles. The van der Waals surface area contributed by atoms with Crippen molar-refractivity contribution in [1.29, 1.82) is 0 Å². The summed E-state index contributed by atoms with van der Waals surface area (Å²) < 4.78 is 10.6. The molecule has 1 heterocycles. The van der Waals surface area contributed by atoms with Gasteiger partial charge in [0.05, 0.1) is 12.6 Å². The lowest BCUT2D eigenvalue weighted by Gasteiger charge is -2.30. The van der Waals surface area contributed by atoms with Crippen LogP contribution in [-0.2, 0) is 14.3 Å². The topological polar surface area (TPSA) is 50.8 Å². The highest BCUT2D eigenvalue weighted by Crippen LogP contribution is 2.10. The van der Waals surface area contributed by atoms with E-state index in [0.29, 0.717) is 13.2 Å². The van der Waals surface area contributed by atoms with Crippen molar-refractivity contribution in [2.75, 3.05) is 41.0 Å². The molecule has 2 unspecified atom stereocenters. The molecular weight excluding hydrogens is 220 g/mol. The van der Waals surface area contributed by atoms with E-state index in [0.717, 1.165) is 13.0 Å². The number of carbonyl (C=O) groups excluding carboxylic acids is 1. The summed E-state index contributed by atoms with van der Waals surface area (Å²) in [5.74, 6) is -0.0687. The van der Waals surface area contributed by atoms with Gasteiger partial charge in [-0.15, -0.1) is 0 Å². The second-order valence-electron chi connectivity index (χ2n) is 4.42. The smallest absolute Gasteiger partial charge is 0.244 e. The van der Waals surface area contributed by atoms with E-state index in [2.05, 4.69) is 5.32 Å². The first-order chi connectivity index (χ1) is 8.13. The van der Waals surface area contributed by atoms with Gasteiger partial charge in [0, 0.05) is 26.3 Å². The number of rotatable bonds is 5. The third kappa shape index (κ3) is 5.30. The summed E-state index contributed by atoms with van der Waals surface area (Å²) in [4.78, 5) is 13.6. The van der Waals surface area contributed by atoms with Crippen LogP contribution >= 0.6 is 0 Å². The molecule has 98 valence electrons. The molecule has 0 aromatic carbocycles. The fourth-order valence-electron chi connectivity index (χ4n) is 1.71. The van der Waals surface area contributed by atoms with Crippen LogP contribution in [0.25, 0.3) is 0 Å². The maximum atomic E-state index is 11.6. The number of amides is 1. The third-order valence-electron chi connectivity index (χ3n) is 2.67. The number of hydrogen-bond acceptors (Lipinski definition) is 4. The molecule has 0 spiro atoms. The number of methoxy groups -OCH3 is 1. The third-order valence-corrected chi connectivity index (χ3v) is 2.67. The van der Waals surface area contributed by atoms with E-state index in [4.69, 9.17) is 9.47 Å². The summed E-state index contributed by atoms with van der Waals surface area (Å²) in [6.45, 7) is 1.98. The maximum absolute atomic E-state index is 11.6. The predicted octanol–water partition coefficient (Wildman–Crippen LogP) is 0.0243. The minimum atomic E-state index is -0.0687. The Morgan fingerprint density at radius 2 is 2.35 bits per heavy atom. The van der Waals surface area contributed by atoms with Crippen molar-refractivity contribution in [3.05, 3.63) is 12.2 Å². The average Bonchev–Trinajstić information content (AvgIpc) is 2.29. The second-order valence-corrected chi connectivity index (χ2v) is 4.42. The Labute approximate surface area is 103 Å². The van der Waals surface area contributed by atoms with E-state index in [9.17, 15) is 4.79 Å². The van der Waals surface area contributed by atoms with Crippen LogP contribution < -0.4 is 5.32 Å². The quantitative estimate of drug-likeness (QED) is 0.691. The molecule has 1 aliphatic rings. The summed E-state index contributed by atoms with van der Waals surface area (Å²) in [5, 5.41) is 2.94. The summed E-state index contributed by atoms with van der Waals surface area (Å²) in [6.07, 6.45) is 4.17. The van der Waals surface area contributed by atoms with Crippen molar-refractivity contribution < 1.29 is 14.3 Å². The molecular formula is C12H22N2O3. The molecule has 17 heavy (non-hydrogen) atoms. The van der Waals surface area contributed by atoms with Gasteiger partial charge < -0.3 is 19.7 Å². The van der Waals surface area contributed by atoms with Crippen LogP contribution in [0.3, 0.4) is 0 Å². The molecule has 0 bridgehead atoms. The molecule has 0 aliphatic carbocycles. The molecule has 1 aliphatic heterocycles. The van der Waals surface area contributed by atoms with Crippen molar-refractivity contribution in [3.8, 4) is 0 Å².